The van der Waals surface area contributed by atoms with Gasteiger partial charge in [-0.3, -0.25) is 4.98 Å². The van der Waals surface area contributed by atoms with Crippen molar-refractivity contribution >= 4 is 28.6 Å². The normalized spacial score (nSPS) is 10.0. The number of aryl methyl sites for hydroxylation is 1. The molecular weight excluding hydrogens is 222 g/mol. The van der Waals surface area contributed by atoms with E-state index in [1.54, 1.807) is 0 Å². The molecule has 0 aliphatic rings. The van der Waals surface area contributed by atoms with Crippen molar-refractivity contribution in [2.24, 2.45) is 0 Å². The highest BCUT2D eigenvalue weighted by molar-refractivity contribution is 9.10. The summed E-state index contributed by atoms with van der Waals surface area (Å²) in [6.45, 7) is 0. The first-order valence-electron chi connectivity index (χ1n) is 3.54. The van der Waals surface area contributed by atoms with Crippen molar-refractivity contribution in [2.75, 3.05) is 5.75 Å². The molecule has 0 bridgehead atoms. The van der Waals surface area contributed by atoms with Gasteiger partial charge in [0.2, 0.25) is 0 Å². The highest BCUT2D eigenvalue weighted by Crippen LogP contribution is 2.08. The van der Waals surface area contributed by atoms with E-state index < -0.39 is 0 Å². The van der Waals surface area contributed by atoms with Crippen LogP contribution < -0.4 is 0 Å². The van der Waals surface area contributed by atoms with Gasteiger partial charge in [-0.15, -0.1) is 0 Å². The Labute approximate surface area is 80.8 Å². The molecule has 11 heavy (non-hydrogen) atoms. The van der Waals surface area contributed by atoms with Gasteiger partial charge in [0.05, 0.1) is 0 Å². The van der Waals surface area contributed by atoms with Crippen LogP contribution in [0.15, 0.2) is 22.8 Å². The molecule has 0 aliphatic heterocycles. The summed E-state index contributed by atoms with van der Waals surface area (Å²) in [5.41, 5.74) is 1.14. The molecule has 0 saturated carbocycles. The number of hydrogen-bond acceptors (Lipinski definition) is 2. The summed E-state index contributed by atoms with van der Waals surface area (Å²) in [6.07, 6.45) is 3.95. The molecule has 0 unspecified atom stereocenters. The van der Waals surface area contributed by atoms with Gasteiger partial charge in [0.15, 0.2) is 0 Å². The Hall–Kier alpha value is -0.0200. The van der Waals surface area contributed by atoms with Crippen LogP contribution in [0.3, 0.4) is 0 Å². The molecule has 1 heterocycles. The maximum atomic E-state index is 4.23. The summed E-state index contributed by atoms with van der Waals surface area (Å²) in [6, 6.07) is 4.05. The van der Waals surface area contributed by atoms with Crippen molar-refractivity contribution < 1.29 is 0 Å². The summed E-state index contributed by atoms with van der Waals surface area (Å²) < 4.78 is 1.03. The molecule has 0 aliphatic carbocycles. The van der Waals surface area contributed by atoms with Gasteiger partial charge in [0.25, 0.3) is 0 Å². The SMILES string of the molecule is SCCCc1ccc(Br)cn1. The highest BCUT2D eigenvalue weighted by Gasteiger charge is 1.92. The van der Waals surface area contributed by atoms with Crippen molar-refractivity contribution in [3.63, 3.8) is 0 Å². The number of pyridine rings is 1. The van der Waals surface area contributed by atoms with Crippen LogP contribution in [0.25, 0.3) is 0 Å². The molecule has 60 valence electrons. The molecular formula is C8H10BrNS. The lowest BCUT2D eigenvalue weighted by Crippen LogP contribution is -1.89. The number of aromatic nitrogens is 1. The first-order valence-corrected chi connectivity index (χ1v) is 4.97. The Balaban J connectivity index is 2.52. The average Bonchev–Trinajstić information content (AvgIpc) is 2.04. The number of thiol groups is 1. The zero-order valence-corrected chi connectivity index (χ0v) is 8.61. The van der Waals surface area contributed by atoms with Gasteiger partial charge in [-0.1, -0.05) is 0 Å². The van der Waals surface area contributed by atoms with E-state index in [4.69, 9.17) is 0 Å². The molecule has 3 heteroatoms. The molecule has 0 spiro atoms. The second-order valence-electron chi connectivity index (χ2n) is 2.29. The van der Waals surface area contributed by atoms with Gasteiger partial charge < -0.3 is 0 Å². The van der Waals surface area contributed by atoms with E-state index in [1.165, 1.54) is 0 Å². The molecule has 0 fully saturated rings. The molecule has 0 aromatic carbocycles. The Kier molecular flexibility index (Phi) is 3.94. The van der Waals surface area contributed by atoms with Gasteiger partial charge in [-0.05, 0) is 46.7 Å². The quantitative estimate of drug-likeness (QED) is 0.790. The smallest absolute Gasteiger partial charge is 0.0413 e. The van der Waals surface area contributed by atoms with E-state index in [2.05, 4.69) is 33.5 Å². The zero-order valence-electron chi connectivity index (χ0n) is 6.13. The zero-order chi connectivity index (χ0) is 8.10. The van der Waals surface area contributed by atoms with Crippen molar-refractivity contribution in [2.45, 2.75) is 12.8 Å². The van der Waals surface area contributed by atoms with Crippen molar-refractivity contribution in [1.82, 2.24) is 4.98 Å². The number of hydrogen-bond donors (Lipinski definition) is 1. The molecule has 1 nitrogen and oxygen atoms in total. The first kappa shape index (κ1) is 9.07. The van der Waals surface area contributed by atoms with Gasteiger partial charge >= 0.3 is 0 Å². The molecule has 1 rings (SSSR count). The fraction of sp³-hybridized carbons (Fsp3) is 0.375. The molecule has 0 saturated heterocycles. The Morgan fingerprint density at radius 2 is 2.27 bits per heavy atom. The van der Waals surface area contributed by atoms with Crippen molar-refractivity contribution in [1.29, 1.82) is 0 Å². The minimum atomic E-state index is 0.928. The monoisotopic (exact) mass is 231 g/mol. The molecule has 0 N–H and O–H groups in total. The molecule has 0 radical (unpaired) electrons. The third kappa shape index (κ3) is 3.25. The van der Waals surface area contributed by atoms with Crippen LogP contribution in [0.1, 0.15) is 12.1 Å². The summed E-state index contributed by atoms with van der Waals surface area (Å²) in [5, 5.41) is 0. The number of nitrogens with zero attached hydrogens (tertiary/aromatic N) is 1. The summed E-state index contributed by atoms with van der Waals surface area (Å²) in [5.74, 6) is 0.928. The maximum Gasteiger partial charge on any atom is 0.0413 e. The van der Waals surface area contributed by atoms with Crippen molar-refractivity contribution in [3.05, 3.63) is 28.5 Å². The summed E-state index contributed by atoms with van der Waals surface area (Å²) in [7, 11) is 0. The Morgan fingerprint density at radius 1 is 1.45 bits per heavy atom. The Morgan fingerprint density at radius 3 is 2.82 bits per heavy atom. The summed E-state index contributed by atoms with van der Waals surface area (Å²) in [4.78, 5) is 4.23. The molecule has 1 aromatic heterocycles. The van der Waals surface area contributed by atoms with Crippen LogP contribution in [0.4, 0.5) is 0 Å². The fourth-order valence-electron chi connectivity index (χ4n) is 0.815. The van der Waals surface area contributed by atoms with Crippen molar-refractivity contribution in [3.8, 4) is 0 Å². The third-order valence-electron chi connectivity index (χ3n) is 1.38. The predicted octanol–water partition coefficient (Wildman–Crippen LogP) is 2.71. The minimum Gasteiger partial charge on any atom is -0.260 e. The van der Waals surface area contributed by atoms with Crippen LogP contribution in [0.5, 0.6) is 0 Å². The number of halogens is 1. The first-order chi connectivity index (χ1) is 5.33. The third-order valence-corrected chi connectivity index (χ3v) is 2.16. The van der Waals surface area contributed by atoms with Crippen LogP contribution >= 0.6 is 28.6 Å². The van der Waals surface area contributed by atoms with Gasteiger partial charge in [-0.25, -0.2) is 0 Å². The van der Waals surface area contributed by atoms with Crippen LogP contribution in [0, 0.1) is 0 Å². The van der Waals surface area contributed by atoms with Gasteiger partial charge in [0.1, 0.15) is 0 Å². The van der Waals surface area contributed by atoms with Gasteiger partial charge in [0, 0.05) is 16.4 Å². The fourth-order valence-corrected chi connectivity index (χ4v) is 1.21. The topological polar surface area (TPSA) is 12.9 Å². The van der Waals surface area contributed by atoms with E-state index in [0.717, 1.165) is 28.8 Å². The standard InChI is InChI=1S/C8H10BrNS/c9-7-3-4-8(10-6-7)2-1-5-11/h3-4,6,11H,1-2,5H2. The number of rotatable bonds is 3. The van der Waals surface area contributed by atoms with Crippen LogP contribution in [0.2, 0.25) is 0 Å². The van der Waals surface area contributed by atoms with E-state index in [0.29, 0.717) is 0 Å². The van der Waals surface area contributed by atoms with Crippen LogP contribution in [-0.2, 0) is 6.42 Å². The predicted molar refractivity (Wildman–Crippen MR) is 54.1 cm³/mol. The highest BCUT2D eigenvalue weighted by atomic mass is 79.9. The second kappa shape index (κ2) is 4.78. The average molecular weight is 232 g/mol. The lowest BCUT2D eigenvalue weighted by Gasteiger charge is -1.97. The second-order valence-corrected chi connectivity index (χ2v) is 3.66. The van der Waals surface area contributed by atoms with Crippen LogP contribution in [-0.4, -0.2) is 10.7 Å². The van der Waals surface area contributed by atoms with E-state index >= 15 is 0 Å². The van der Waals surface area contributed by atoms with E-state index in [1.807, 2.05) is 18.3 Å². The van der Waals surface area contributed by atoms with Gasteiger partial charge in [-0.2, -0.15) is 12.6 Å². The lowest BCUT2D eigenvalue weighted by atomic mass is 10.2. The Bertz CT molecular complexity index is 210. The minimum absolute atomic E-state index is 0.928. The summed E-state index contributed by atoms with van der Waals surface area (Å²) >= 11 is 7.47. The van der Waals surface area contributed by atoms with E-state index in [-0.39, 0.29) is 0 Å². The van der Waals surface area contributed by atoms with E-state index in [9.17, 15) is 0 Å². The largest absolute Gasteiger partial charge is 0.260 e. The lowest BCUT2D eigenvalue weighted by molar-refractivity contribution is 0.893. The molecule has 0 amide bonds. The maximum absolute atomic E-state index is 4.23. The molecule has 0 atom stereocenters. The molecule has 1 aromatic rings.